The van der Waals surface area contributed by atoms with Gasteiger partial charge in [0.1, 0.15) is 17.2 Å². The zero-order valence-corrected chi connectivity index (χ0v) is 13.2. The highest BCUT2D eigenvalue weighted by Crippen LogP contribution is 2.46. The van der Waals surface area contributed by atoms with Crippen LogP contribution in [0.1, 0.15) is 55.8 Å². The fourth-order valence-electron chi connectivity index (χ4n) is 3.79. The lowest BCUT2D eigenvalue weighted by atomic mass is 9.77. The Morgan fingerprint density at radius 2 is 1.46 bits per heavy atom. The molecule has 4 rings (SSSR count). The van der Waals surface area contributed by atoms with Gasteiger partial charge in [0.05, 0.1) is 23.8 Å². The number of rotatable bonds is 1. The first-order valence-corrected chi connectivity index (χ1v) is 7.92. The van der Waals surface area contributed by atoms with Crippen molar-refractivity contribution in [3.63, 3.8) is 0 Å². The predicted octanol–water partition coefficient (Wildman–Crippen LogP) is 2.76. The summed E-state index contributed by atoms with van der Waals surface area (Å²) in [5, 5.41) is 21.3. The normalized spacial score (nSPS) is 15.5. The molecule has 0 aromatic heterocycles. The van der Waals surface area contributed by atoms with Gasteiger partial charge >= 0.3 is 0 Å². The van der Waals surface area contributed by atoms with Gasteiger partial charge in [-0.2, -0.15) is 0 Å². The summed E-state index contributed by atoms with van der Waals surface area (Å²) < 4.78 is 5.21. The second kappa shape index (κ2) is 5.09. The molecule has 0 radical (unpaired) electrons. The quantitative estimate of drug-likeness (QED) is 0.673. The van der Waals surface area contributed by atoms with Crippen LogP contribution in [0.5, 0.6) is 17.2 Å². The Labute approximate surface area is 138 Å². The molecule has 0 fully saturated rings. The molecule has 0 aliphatic heterocycles. The molecule has 24 heavy (non-hydrogen) atoms. The molecule has 2 aromatic carbocycles. The molecular weight excluding hydrogens is 308 g/mol. The van der Waals surface area contributed by atoms with Crippen LogP contribution in [0.15, 0.2) is 18.2 Å². The minimum atomic E-state index is -0.488. The van der Waals surface area contributed by atoms with Crippen LogP contribution in [0.2, 0.25) is 0 Å². The standard InChI is InChI=1S/C19H16O5/c1-24-12-8-4-7-11-13(12)19(23)15-14(18(11)22)16(20)9-5-2-3-6-10(9)17(15)21/h4,7-8,20-21H,2-3,5-6H2,1H3. The molecule has 122 valence electrons. The van der Waals surface area contributed by atoms with E-state index in [1.807, 2.05) is 0 Å². The summed E-state index contributed by atoms with van der Waals surface area (Å²) in [6.45, 7) is 0. The number of phenols is 2. The Morgan fingerprint density at radius 3 is 2.04 bits per heavy atom. The summed E-state index contributed by atoms with van der Waals surface area (Å²) in [4.78, 5) is 25.9. The van der Waals surface area contributed by atoms with Crippen molar-refractivity contribution in [2.24, 2.45) is 0 Å². The molecule has 0 unspecified atom stereocenters. The number of methoxy groups -OCH3 is 1. The smallest absolute Gasteiger partial charge is 0.202 e. The van der Waals surface area contributed by atoms with E-state index in [4.69, 9.17) is 4.74 Å². The molecule has 2 aromatic rings. The number of hydrogen-bond donors (Lipinski definition) is 2. The Balaban J connectivity index is 2.08. The number of ether oxygens (including phenoxy) is 1. The number of carbonyl (C=O) groups excluding carboxylic acids is 2. The first-order chi connectivity index (χ1) is 11.6. The third kappa shape index (κ3) is 1.75. The summed E-state index contributed by atoms with van der Waals surface area (Å²) in [6.07, 6.45) is 2.93. The van der Waals surface area contributed by atoms with E-state index in [0.717, 1.165) is 12.8 Å². The molecule has 2 aliphatic carbocycles. The van der Waals surface area contributed by atoms with Crippen LogP contribution < -0.4 is 4.74 Å². The number of aromatic hydroxyl groups is 2. The van der Waals surface area contributed by atoms with Crippen molar-refractivity contribution in [2.45, 2.75) is 25.7 Å². The highest BCUT2D eigenvalue weighted by molar-refractivity contribution is 6.31. The van der Waals surface area contributed by atoms with Crippen molar-refractivity contribution in [1.29, 1.82) is 0 Å². The monoisotopic (exact) mass is 324 g/mol. The maximum Gasteiger partial charge on any atom is 0.202 e. The highest BCUT2D eigenvalue weighted by atomic mass is 16.5. The number of phenolic OH excluding ortho intramolecular Hbond substituents is 2. The van der Waals surface area contributed by atoms with Crippen LogP contribution >= 0.6 is 0 Å². The lowest BCUT2D eigenvalue weighted by molar-refractivity contribution is 0.0971. The molecule has 0 amide bonds. The number of benzene rings is 2. The maximum absolute atomic E-state index is 13.0. The van der Waals surface area contributed by atoms with E-state index < -0.39 is 11.6 Å². The SMILES string of the molecule is COc1cccc2c1C(=O)c1c(O)c3c(c(O)c1C2=O)CCCC3. The van der Waals surface area contributed by atoms with Gasteiger partial charge in [-0.1, -0.05) is 12.1 Å². The van der Waals surface area contributed by atoms with Crippen molar-refractivity contribution < 1.29 is 24.5 Å². The van der Waals surface area contributed by atoms with Crippen LogP contribution in [-0.4, -0.2) is 28.9 Å². The summed E-state index contributed by atoms with van der Waals surface area (Å²) >= 11 is 0. The Hall–Kier alpha value is -2.82. The molecule has 0 heterocycles. The molecule has 0 bridgehead atoms. The van der Waals surface area contributed by atoms with Crippen LogP contribution in [0.4, 0.5) is 0 Å². The van der Waals surface area contributed by atoms with Gasteiger partial charge in [0.15, 0.2) is 5.78 Å². The van der Waals surface area contributed by atoms with Gasteiger partial charge in [0.25, 0.3) is 0 Å². The Morgan fingerprint density at radius 1 is 0.875 bits per heavy atom. The average Bonchev–Trinajstić information content (AvgIpc) is 2.62. The van der Waals surface area contributed by atoms with Gasteiger partial charge in [-0.25, -0.2) is 0 Å². The number of ketones is 2. The lowest BCUT2D eigenvalue weighted by Gasteiger charge is -2.26. The van der Waals surface area contributed by atoms with E-state index in [1.165, 1.54) is 13.2 Å². The van der Waals surface area contributed by atoms with Gasteiger partial charge in [0, 0.05) is 16.7 Å². The molecular formula is C19H16O5. The first kappa shape index (κ1) is 14.8. The Kier molecular flexibility index (Phi) is 3.13. The van der Waals surface area contributed by atoms with Crippen LogP contribution in [0.25, 0.3) is 0 Å². The summed E-state index contributed by atoms with van der Waals surface area (Å²) in [6, 6.07) is 4.77. The largest absolute Gasteiger partial charge is 0.507 e. The molecule has 0 saturated carbocycles. The maximum atomic E-state index is 13.0. The zero-order chi connectivity index (χ0) is 17.0. The fourth-order valence-corrected chi connectivity index (χ4v) is 3.79. The van der Waals surface area contributed by atoms with Crippen molar-refractivity contribution in [2.75, 3.05) is 7.11 Å². The highest BCUT2D eigenvalue weighted by Gasteiger charge is 2.39. The molecule has 5 heteroatoms. The third-order valence-electron chi connectivity index (χ3n) is 4.94. The molecule has 0 saturated heterocycles. The van der Waals surface area contributed by atoms with Crippen LogP contribution in [0, 0.1) is 0 Å². The third-order valence-corrected chi connectivity index (χ3v) is 4.94. The minimum Gasteiger partial charge on any atom is -0.507 e. The van der Waals surface area contributed by atoms with Crippen LogP contribution in [-0.2, 0) is 12.8 Å². The summed E-state index contributed by atoms with van der Waals surface area (Å²) in [5.74, 6) is -0.997. The molecule has 2 aliphatic rings. The molecule has 2 N–H and O–H groups in total. The predicted molar refractivity (Wildman–Crippen MR) is 86.3 cm³/mol. The van der Waals surface area contributed by atoms with E-state index in [1.54, 1.807) is 12.1 Å². The number of fused-ring (bicyclic) bond motifs is 3. The van der Waals surface area contributed by atoms with E-state index in [2.05, 4.69) is 0 Å². The molecule has 0 spiro atoms. The molecule has 5 nitrogen and oxygen atoms in total. The van der Waals surface area contributed by atoms with E-state index in [0.29, 0.717) is 24.0 Å². The van der Waals surface area contributed by atoms with E-state index in [9.17, 15) is 19.8 Å². The average molecular weight is 324 g/mol. The van der Waals surface area contributed by atoms with E-state index in [-0.39, 0.29) is 39.5 Å². The summed E-state index contributed by atoms with van der Waals surface area (Å²) in [7, 11) is 1.42. The fraction of sp³-hybridized carbons (Fsp3) is 0.263. The molecule has 0 atom stereocenters. The van der Waals surface area contributed by atoms with Crippen molar-refractivity contribution in [1.82, 2.24) is 0 Å². The van der Waals surface area contributed by atoms with Crippen molar-refractivity contribution >= 4 is 11.6 Å². The van der Waals surface area contributed by atoms with Gasteiger partial charge < -0.3 is 14.9 Å². The number of hydrogen-bond acceptors (Lipinski definition) is 5. The van der Waals surface area contributed by atoms with Gasteiger partial charge in [-0.05, 0) is 31.7 Å². The second-order valence-electron chi connectivity index (χ2n) is 6.15. The Bertz CT molecular complexity index is 911. The lowest BCUT2D eigenvalue weighted by Crippen LogP contribution is -2.24. The second-order valence-corrected chi connectivity index (χ2v) is 6.15. The van der Waals surface area contributed by atoms with E-state index >= 15 is 0 Å². The topological polar surface area (TPSA) is 83.8 Å². The zero-order valence-electron chi connectivity index (χ0n) is 13.2. The van der Waals surface area contributed by atoms with Gasteiger partial charge in [-0.15, -0.1) is 0 Å². The van der Waals surface area contributed by atoms with Gasteiger partial charge in [0.2, 0.25) is 5.78 Å². The van der Waals surface area contributed by atoms with Crippen molar-refractivity contribution in [3.05, 3.63) is 51.6 Å². The summed E-state index contributed by atoms with van der Waals surface area (Å²) in [5.41, 5.74) is 1.32. The van der Waals surface area contributed by atoms with Crippen molar-refractivity contribution in [3.8, 4) is 17.2 Å². The first-order valence-electron chi connectivity index (χ1n) is 7.92. The van der Waals surface area contributed by atoms with Crippen LogP contribution in [0.3, 0.4) is 0 Å². The number of carbonyl (C=O) groups is 2. The van der Waals surface area contributed by atoms with Gasteiger partial charge in [-0.3, -0.25) is 9.59 Å². The minimum absolute atomic E-state index is 0.0843.